The van der Waals surface area contributed by atoms with Gasteiger partial charge in [0.25, 0.3) is 0 Å². The molecule has 0 amide bonds. The Morgan fingerprint density at radius 2 is 1.57 bits per heavy atom. The average Bonchev–Trinajstić information content (AvgIpc) is 3.29. The van der Waals surface area contributed by atoms with Crippen molar-refractivity contribution in [3.63, 3.8) is 0 Å². The van der Waals surface area contributed by atoms with Gasteiger partial charge in [0.05, 0.1) is 17.4 Å². The monoisotopic (exact) mass is 482 g/mol. The van der Waals surface area contributed by atoms with Crippen LogP contribution in [0.4, 0.5) is 8.78 Å². The Hall–Kier alpha value is -3.44. The van der Waals surface area contributed by atoms with E-state index in [1.165, 1.54) is 35.4 Å². The van der Waals surface area contributed by atoms with Crippen LogP contribution in [0.1, 0.15) is 42.5 Å². The van der Waals surface area contributed by atoms with Crippen LogP contribution in [-0.4, -0.2) is 10.1 Å². The van der Waals surface area contributed by atoms with Crippen molar-refractivity contribution in [3.8, 4) is 0 Å². The van der Waals surface area contributed by atoms with Gasteiger partial charge in [-0.3, -0.25) is 0 Å². The fraction of sp³-hybridized carbons (Fsp3) is 0.167. The van der Waals surface area contributed by atoms with E-state index in [0.29, 0.717) is 5.92 Å². The molecular formula is C30H24F2N2S. The summed E-state index contributed by atoms with van der Waals surface area (Å²) in [7, 11) is 0. The molecule has 1 aliphatic carbocycles. The van der Waals surface area contributed by atoms with Gasteiger partial charge >= 0.3 is 0 Å². The third kappa shape index (κ3) is 4.14. The number of fused-ring (bicyclic) bond motifs is 1. The summed E-state index contributed by atoms with van der Waals surface area (Å²) in [5.74, 6) is -0.0494. The third-order valence-electron chi connectivity index (χ3n) is 6.75. The molecule has 0 fully saturated rings. The van der Waals surface area contributed by atoms with Gasteiger partial charge in [-0.25, -0.2) is 13.8 Å². The van der Waals surface area contributed by atoms with E-state index in [1.54, 1.807) is 23.9 Å². The number of halogens is 2. The first-order valence-corrected chi connectivity index (χ1v) is 12.7. The first-order chi connectivity index (χ1) is 17.1. The first kappa shape index (κ1) is 22.1. The van der Waals surface area contributed by atoms with Gasteiger partial charge in [-0.15, -0.1) is 0 Å². The number of hydrogen-bond donors (Lipinski definition) is 0. The largest absolute Gasteiger partial charge is 0.308 e. The summed E-state index contributed by atoms with van der Waals surface area (Å²) in [4.78, 5) is 7.49. The zero-order chi connectivity index (χ0) is 23.9. The van der Waals surface area contributed by atoms with Gasteiger partial charge in [-0.1, -0.05) is 73.3 Å². The number of amidine groups is 1. The molecule has 0 aromatic heterocycles. The van der Waals surface area contributed by atoms with Gasteiger partial charge in [0.15, 0.2) is 5.17 Å². The smallest absolute Gasteiger partial charge is 0.174 e. The van der Waals surface area contributed by atoms with Crippen molar-refractivity contribution in [2.75, 3.05) is 0 Å². The van der Waals surface area contributed by atoms with Gasteiger partial charge in [-0.2, -0.15) is 0 Å². The molecule has 0 N–H and O–H groups in total. The number of aliphatic imine (C=N–C) groups is 1. The Kier molecular flexibility index (Phi) is 5.65. The molecule has 2 atom stereocenters. The molecule has 0 bridgehead atoms. The van der Waals surface area contributed by atoms with Crippen LogP contribution < -0.4 is 0 Å². The highest BCUT2D eigenvalue weighted by molar-refractivity contribution is 8.16. The minimum Gasteiger partial charge on any atom is -0.308 e. The Morgan fingerprint density at radius 3 is 2.29 bits per heavy atom. The van der Waals surface area contributed by atoms with Gasteiger partial charge in [0, 0.05) is 5.41 Å². The number of nitrogens with zero attached hydrogens (tertiary/aromatic N) is 2. The van der Waals surface area contributed by atoms with Gasteiger partial charge in [0.1, 0.15) is 11.6 Å². The van der Waals surface area contributed by atoms with Crippen molar-refractivity contribution >= 4 is 28.7 Å². The molecule has 6 rings (SSSR count). The van der Waals surface area contributed by atoms with Gasteiger partial charge < -0.3 is 4.90 Å². The van der Waals surface area contributed by atoms with E-state index < -0.39 is 0 Å². The Morgan fingerprint density at radius 1 is 0.886 bits per heavy atom. The van der Waals surface area contributed by atoms with Gasteiger partial charge in [-0.05, 0) is 76.9 Å². The summed E-state index contributed by atoms with van der Waals surface area (Å²) < 4.78 is 27.4. The first-order valence-electron chi connectivity index (χ1n) is 11.8. The number of benzene rings is 3. The van der Waals surface area contributed by atoms with E-state index >= 15 is 0 Å². The lowest BCUT2D eigenvalue weighted by Gasteiger charge is -2.41. The summed E-state index contributed by atoms with van der Waals surface area (Å²) in [5.41, 5.74) is 7.68. The molecule has 2 aliphatic heterocycles. The highest BCUT2D eigenvalue weighted by Crippen LogP contribution is 2.51. The minimum absolute atomic E-state index is 0.0704. The molecule has 0 spiro atoms. The molecule has 35 heavy (non-hydrogen) atoms. The second kappa shape index (κ2) is 8.97. The second-order valence-corrected chi connectivity index (χ2v) is 10.2. The van der Waals surface area contributed by atoms with Crippen LogP contribution >= 0.6 is 11.8 Å². The summed E-state index contributed by atoms with van der Waals surface area (Å²) in [6.07, 6.45) is 3.96. The van der Waals surface area contributed by atoms with Crippen molar-refractivity contribution in [2.45, 2.75) is 25.8 Å². The predicted octanol–water partition coefficient (Wildman–Crippen LogP) is 8.19. The van der Waals surface area contributed by atoms with Crippen LogP contribution in [0.15, 0.2) is 106 Å². The second-order valence-electron chi connectivity index (χ2n) is 9.31. The topological polar surface area (TPSA) is 15.6 Å². The third-order valence-corrected chi connectivity index (χ3v) is 7.59. The molecule has 0 saturated heterocycles. The van der Waals surface area contributed by atoms with E-state index in [9.17, 15) is 8.78 Å². The van der Waals surface area contributed by atoms with Crippen molar-refractivity contribution < 1.29 is 8.78 Å². The van der Waals surface area contributed by atoms with E-state index in [1.807, 2.05) is 30.3 Å². The molecular weight excluding hydrogens is 458 g/mol. The molecule has 3 aromatic carbocycles. The average molecular weight is 483 g/mol. The zero-order valence-electron chi connectivity index (χ0n) is 19.3. The lowest BCUT2D eigenvalue weighted by Crippen LogP contribution is -2.35. The summed E-state index contributed by atoms with van der Waals surface area (Å²) >= 11 is 1.63. The molecule has 2 nitrogen and oxygen atoms in total. The van der Waals surface area contributed by atoms with Crippen molar-refractivity contribution in [2.24, 2.45) is 10.9 Å². The van der Waals surface area contributed by atoms with Crippen molar-refractivity contribution in [1.82, 2.24) is 4.90 Å². The lowest BCUT2D eigenvalue weighted by atomic mass is 9.78. The van der Waals surface area contributed by atoms with E-state index in [0.717, 1.165) is 46.1 Å². The lowest BCUT2D eigenvalue weighted by molar-refractivity contribution is 0.425. The van der Waals surface area contributed by atoms with Crippen LogP contribution in [-0.2, 0) is 0 Å². The molecule has 2 heterocycles. The van der Waals surface area contributed by atoms with Crippen LogP contribution in [0.3, 0.4) is 0 Å². The molecule has 3 aromatic rings. The number of allylic oxidation sites excluding steroid dienone is 1. The molecule has 5 heteroatoms. The number of hydrogen-bond acceptors (Lipinski definition) is 3. The van der Waals surface area contributed by atoms with E-state index in [2.05, 4.69) is 35.4 Å². The van der Waals surface area contributed by atoms with Crippen LogP contribution in [0.2, 0.25) is 0 Å². The SMILES string of the molecule is C[C@H]1CC2=C(N=C3SC=C(c4ccccc4)N3[C@@H]2c2ccc(F)cc2)/C(=C/c2ccc(F)cc2)C1. The van der Waals surface area contributed by atoms with E-state index in [-0.39, 0.29) is 17.7 Å². The van der Waals surface area contributed by atoms with Gasteiger partial charge in [0.2, 0.25) is 0 Å². The molecule has 0 unspecified atom stereocenters. The maximum Gasteiger partial charge on any atom is 0.174 e. The standard InChI is InChI=1S/C30H24F2N2S/c1-19-15-23(17-20-7-11-24(31)12-8-20)28-26(16-19)29(22-9-13-25(32)14-10-22)34-27(18-35-30(34)33-28)21-5-3-2-4-6-21/h2-14,17-19,29H,15-16H2,1H3/b23-17+/t19-,29-/m1/s1. The molecule has 174 valence electrons. The highest BCUT2D eigenvalue weighted by Gasteiger charge is 2.41. The predicted molar refractivity (Wildman–Crippen MR) is 140 cm³/mol. The van der Waals surface area contributed by atoms with Crippen molar-refractivity contribution in [1.29, 1.82) is 0 Å². The Balaban J connectivity index is 1.51. The Labute approximate surface area is 208 Å². The maximum absolute atomic E-state index is 13.9. The zero-order valence-corrected chi connectivity index (χ0v) is 20.1. The Bertz CT molecular complexity index is 1390. The van der Waals surface area contributed by atoms with Crippen LogP contribution in [0, 0.1) is 17.6 Å². The fourth-order valence-corrected chi connectivity index (χ4v) is 6.14. The summed E-state index contributed by atoms with van der Waals surface area (Å²) in [6, 6.07) is 23.7. The minimum atomic E-state index is -0.240. The fourth-order valence-electron chi connectivity index (χ4n) is 5.21. The number of rotatable bonds is 3. The molecule has 0 radical (unpaired) electrons. The van der Waals surface area contributed by atoms with Crippen LogP contribution in [0.5, 0.6) is 0 Å². The number of thioether (sulfide) groups is 1. The summed E-state index contributed by atoms with van der Waals surface area (Å²) in [6.45, 7) is 2.26. The normalized spacial score (nSPS) is 22.6. The summed E-state index contributed by atoms with van der Waals surface area (Å²) in [5, 5.41) is 3.09. The van der Waals surface area contributed by atoms with Crippen molar-refractivity contribution in [3.05, 3.63) is 129 Å². The molecule has 3 aliphatic rings. The van der Waals surface area contributed by atoms with Crippen LogP contribution in [0.25, 0.3) is 11.8 Å². The highest BCUT2D eigenvalue weighted by atomic mass is 32.2. The van der Waals surface area contributed by atoms with E-state index in [4.69, 9.17) is 4.99 Å². The molecule has 0 saturated carbocycles. The maximum atomic E-state index is 13.9. The quantitative estimate of drug-likeness (QED) is 0.374.